The zero-order chi connectivity index (χ0) is 16.7. The van der Waals surface area contributed by atoms with Gasteiger partial charge in [-0.15, -0.1) is 5.10 Å². The van der Waals surface area contributed by atoms with E-state index in [1.807, 2.05) is 6.07 Å². The zero-order valence-corrected chi connectivity index (χ0v) is 12.6. The van der Waals surface area contributed by atoms with Crippen LogP contribution in [0.4, 0.5) is 19.0 Å². The summed E-state index contributed by atoms with van der Waals surface area (Å²) in [6, 6.07) is 3.60. The molecule has 2 aromatic heterocycles. The number of nitrogens with zero attached hydrogens (tertiary/aromatic N) is 4. The summed E-state index contributed by atoms with van der Waals surface area (Å²) in [6.07, 6.45) is -0.575. The minimum atomic E-state index is -4.63. The van der Waals surface area contributed by atoms with Gasteiger partial charge >= 0.3 is 6.18 Å². The quantitative estimate of drug-likeness (QED) is 0.890. The Morgan fingerprint density at radius 1 is 1.39 bits per heavy atom. The van der Waals surface area contributed by atoms with Gasteiger partial charge in [0.25, 0.3) is 0 Å². The average Bonchev–Trinajstić information content (AvgIpc) is 3.06. The van der Waals surface area contributed by atoms with Crippen molar-refractivity contribution in [2.75, 3.05) is 25.0 Å². The molecule has 1 saturated heterocycles. The molecule has 0 amide bonds. The maximum absolute atomic E-state index is 12.7. The van der Waals surface area contributed by atoms with Gasteiger partial charge in [0.05, 0.1) is 0 Å². The average molecular weight is 329 g/mol. The summed E-state index contributed by atoms with van der Waals surface area (Å²) in [5, 5.41) is 17.1. The number of hydrogen-bond donors (Lipinski definition) is 2. The van der Waals surface area contributed by atoms with Crippen molar-refractivity contribution in [3.63, 3.8) is 0 Å². The van der Waals surface area contributed by atoms with Crippen molar-refractivity contribution in [1.29, 1.82) is 0 Å². The zero-order valence-electron chi connectivity index (χ0n) is 12.6. The predicted molar refractivity (Wildman–Crippen MR) is 78.1 cm³/mol. The molecule has 6 nitrogen and oxygen atoms in total. The van der Waals surface area contributed by atoms with Crippen LogP contribution in [0.1, 0.15) is 13.3 Å². The van der Waals surface area contributed by atoms with Gasteiger partial charge in [0, 0.05) is 38.1 Å². The second kappa shape index (κ2) is 5.64. The SMILES string of the molecule is C[C@](O)(CN1CC[C@@H](Nc2ccc3nccn3n2)C1)C(F)(F)F. The maximum atomic E-state index is 12.7. The number of rotatable bonds is 4. The molecule has 0 saturated carbocycles. The number of hydrogen-bond acceptors (Lipinski definition) is 5. The number of fused-ring (bicyclic) bond motifs is 1. The highest BCUT2D eigenvalue weighted by Gasteiger charge is 2.51. The Morgan fingerprint density at radius 3 is 2.91 bits per heavy atom. The number of imidazole rings is 1. The summed E-state index contributed by atoms with van der Waals surface area (Å²) in [6.45, 7) is 1.30. The Hall–Kier alpha value is -1.87. The van der Waals surface area contributed by atoms with Gasteiger partial charge in [-0.1, -0.05) is 0 Å². The van der Waals surface area contributed by atoms with Crippen LogP contribution in [0.25, 0.3) is 5.65 Å². The van der Waals surface area contributed by atoms with Crippen LogP contribution in [0, 0.1) is 0 Å². The van der Waals surface area contributed by atoms with Crippen molar-refractivity contribution in [1.82, 2.24) is 19.5 Å². The maximum Gasteiger partial charge on any atom is 0.418 e. The molecular formula is C14H18F3N5O. The van der Waals surface area contributed by atoms with Crippen molar-refractivity contribution in [2.45, 2.75) is 31.2 Å². The Bertz CT molecular complexity index is 684. The van der Waals surface area contributed by atoms with Crippen molar-refractivity contribution >= 4 is 11.5 Å². The van der Waals surface area contributed by atoms with Crippen LogP contribution in [0.15, 0.2) is 24.5 Å². The lowest BCUT2D eigenvalue weighted by Crippen LogP contribution is -2.51. The highest BCUT2D eigenvalue weighted by molar-refractivity contribution is 5.44. The van der Waals surface area contributed by atoms with Crippen LogP contribution in [0.2, 0.25) is 0 Å². The molecule has 0 unspecified atom stereocenters. The van der Waals surface area contributed by atoms with Crippen LogP contribution in [-0.2, 0) is 0 Å². The van der Waals surface area contributed by atoms with Crippen LogP contribution in [0.3, 0.4) is 0 Å². The Morgan fingerprint density at radius 2 is 2.17 bits per heavy atom. The van der Waals surface area contributed by atoms with E-state index in [2.05, 4.69) is 15.4 Å². The number of alkyl halides is 3. The first-order valence-electron chi connectivity index (χ1n) is 7.33. The molecular weight excluding hydrogens is 311 g/mol. The van der Waals surface area contributed by atoms with E-state index in [0.29, 0.717) is 25.3 Å². The monoisotopic (exact) mass is 329 g/mol. The van der Waals surface area contributed by atoms with Gasteiger partial charge in [0.2, 0.25) is 0 Å². The van der Waals surface area contributed by atoms with E-state index in [0.717, 1.165) is 12.6 Å². The van der Waals surface area contributed by atoms with E-state index in [4.69, 9.17) is 0 Å². The smallest absolute Gasteiger partial charge is 0.380 e. The lowest BCUT2D eigenvalue weighted by atomic mass is 10.1. The van der Waals surface area contributed by atoms with E-state index in [9.17, 15) is 18.3 Å². The molecule has 2 aromatic rings. The molecule has 0 bridgehead atoms. The standard InChI is InChI=1S/C14H18F3N5O/c1-13(23,14(15,16)17)9-21-6-4-10(8-21)19-11-2-3-12-18-5-7-22(12)20-11/h2-3,5,7,10,23H,4,6,8-9H2,1H3,(H,19,20)/t10-,13+/m1/s1. The minimum Gasteiger partial charge on any atom is -0.380 e. The van der Waals surface area contributed by atoms with Crippen LogP contribution >= 0.6 is 0 Å². The summed E-state index contributed by atoms with van der Waals surface area (Å²) in [5.41, 5.74) is -1.97. The molecule has 0 aromatic carbocycles. The summed E-state index contributed by atoms with van der Waals surface area (Å²) < 4.78 is 39.8. The Kier molecular flexibility index (Phi) is 3.93. The summed E-state index contributed by atoms with van der Waals surface area (Å²) in [5.74, 6) is 0.643. The molecule has 23 heavy (non-hydrogen) atoms. The first-order valence-corrected chi connectivity index (χ1v) is 7.33. The van der Waals surface area contributed by atoms with Crippen molar-refractivity contribution in [3.05, 3.63) is 24.5 Å². The summed E-state index contributed by atoms with van der Waals surface area (Å²) >= 11 is 0. The van der Waals surface area contributed by atoms with Crippen LogP contribution < -0.4 is 5.32 Å². The molecule has 3 heterocycles. The number of aliphatic hydroxyl groups is 1. The molecule has 126 valence electrons. The first kappa shape index (κ1) is 16.0. The Balaban J connectivity index is 1.59. The van der Waals surface area contributed by atoms with Gasteiger partial charge in [-0.2, -0.15) is 13.2 Å². The van der Waals surface area contributed by atoms with Gasteiger partial charge in [-0.3, -0.25) is 4.90 Å². The third kappa shape index (κ3) is 3.40. The topological polar surface area (TPSA) is 65.7 Å². The molecule has 0 aliphatic carbocycles. The molecule has 2 atom stereocenters. The van der Waals surface area contributed by atoms with Gasteiger partial charge < -0.3 is 10.4 Å². The van der Waals surface area contributed by atoms with Crippen molar-refractivity contribution in [3.8, 4) is 0 Å². The fourth-order valence-electron chi connectivity index (χ4n) is 2.72. The highest BCUT2D eigenvalue weighted by atomic mass is 19.4. The molecule has 3 rings (SSSR count). The highest BCUT2D eigenvalue weighted by Crippen LogP contribution is 2.31. The van der Waals surface area contributed by atoms with E-state index in [1.165, 1.54) is 0 Å². The van der Waals surface area contributed by atoms with E-state index < -0.39 is 18.3 Å². The normalized spacial score (nSPS) is 22.4. The Labute approximate surface area is 130 Å². The molecule has 2 N–H and O–H groups in total. The van der Waals surface area contributed by atoms with Crippen LogP contribution in [-0.4, -0.2) is 62.1 Å². The number of likely N-dealkylation sites (tertiary alicyclic amines) is 1. The lowest BCUT2D eigenvalue weighted by molar-refractivity contribution is -0.256. The first-order chi connectivity index (χ1) is 10.7. The van der Waals surface area contributed by atoms with Gasteiger partial charge in [-0.25, -0.2) is 9.50 Å². The number of β-amino-alcohol motifs (C(OH)–C–C–N with tert-alkyl or cyclic N) is 1. The minimum absolute atomic E-state index is 0.00694. The second-order valence-corrected chi connectivity index (χ2v) is 6.09. The third-order valence-electron chi connectivity index (χ3n) is 4.02. The fraction of sp³-hybridized carbons (Fsp3) is 0.571. The number of halogens is 3. The molecule has 0 radical (unpaired) electrons. The molecule has 1 aliphatic heterocycles. The predicted octanol–water partition coefficient (Wildman–Crippen LogP) is 1.53. The fourth-order valence-corrected chi connectivity index (χ4v) is 2.72. The van der Waals surface area contributed by atoms with Crippen molar-refractivity contribution < 1.29 is 18.3 Å². The third-order valence-corrected chi connectivity index (χ3v) is 4.02. The van der Waals surface area contributed by atoms with Crippen LogP contribution in [0.5, 0.6) is 0 Å². The van der Waals surface area contributed by atoms with Crippen molar-refractivity contribution in [2.24, 2.45) is 0 Å². The number of anilines is 1. The molecule has 9 heteroatoms. The number of nitrogens with one attached hydrogen (secondary N) is 1. The largest absolute Gasteiger partial charge is 0.418 e. The molecule has 1 aliphatic rings. The van der Waals surface area contributed by atoms with Gasteiger partial charge in [0.1, 0.15) is 5.82 Å². The van der Waals surface area contributed by atoms with Gasteiger partial charge in [0.15, 0.2) is 11.2 Å². The van der Waals surface area contributed by atoms with Gasteiger partial charge in [-0.05, 0) is 25.5 Å². The van der Waals surface area contributed by atoms with E-state index in [-0.39, 0.29) is 6.04 Å². The number of aromatic nitrogens is 3. The lowest BCUT2D eigenvalue weighted by Gasteiger charge is -2.30. The second-order valence-electron chi connectivity index (χ2n) is 6.09. The summed E-state index contributed by atoms with van der Waals surface area (Å²) in [4.78, 5) is 5.71. The summed E-state index contributed by atoms with van der Waals surface area (Å²) in [7, 11) is 0. The molecule has 0 spiro atoms. The van der Waals surface area contributed by atoms with E-state index >= 15 is 0 Å². The molecule has 1 fully saturated rings. The van der Waals surface area contributed by atoms with E-state index in [1.54, 1.807) is 27.9 Å².